The SMILES string of the molecule is Cc1ccc(Cn2nccc2NC(=O)C2CCCN2C(=O)C23CC4CC(CC(C4)C2)C3)cc1. The van der Waals surface area contributed by atoms with E-state index in [1.54, 1.807) is 6.20 Å². The fourth-order valence-corrected chi connectivity index (χ4v) is 7.60. The highest BCUT2D eigenvalue weighted by atomic mass is 16.2. The number of nitrogens with one attached hydrogen (secondary N) is 1. The Bertz CT molecular complexity index is 1020. The third-order valence-corrected chi connectivity index (χ3v) is 8.73. The molecule has 1 aromatic carbocycles. The molecule has 1 aliphatic heterocycles. The summed E-state index contributed by atoms with van der Waals surface area (Å²) < 4.78 is 1.82. The van der Waals surface area contributed by atoms with Gasteiger partial charge in [0.25, 0.3) is 0 Å². The van der Waals surface area contributed by atoms with Crippen LogP contribution in [0.3, 0.4) is 0 Å². The van der Waals surface area contributed by atoms with Gasteiger partial charge in [0.15, 0.2) is 0 Å². The minimum Gasteiger partial charge on any atom is -0.330 e. The normalized spacial score (nSPS) is 32.3. The first-order valence-corrected chi connectivity index (χ1v) is 12.7. The molecule has 0 radical (unpaired) electrons. The number of carbonyl (C=O) groups is 2. The maximum atomic E-state index is 13.9. The van der Waals surface area contributed by atoms with Gasteiger partial charge in [-0.2, -0.15) is 5.10 Å². The van der Waals surface area contributed by atoms with Gasteiger partial charge in [-0.25, -0.2) is 4.68 Å². The molecule has 5 fully saturated rings. The summed E-state index contributed by atoms with van der Waals surface area (Å²) in [5.74, 6) is 3.07. The summed E-state index contributed by atoms with van der Waals surface area (Å²) in [5, 5.41) is 7.51. The van der Waals surface area contributed by atoms with Crippen molar-refractivity contribution < 1.29 is 9.59 Å². The number of carbonyl (C=O) groups excluding carboxylic acids is 2. The van der Waals surface area contributed by atoms with E-state index in [4.69, 9.17) is 0 Å². The standard InChI is InChI=1S/C27H34N4O2/c1-18-4-6-19(7-5-18)17-31-24(8-9-28-31)29-25(32)23-3-2-10-30(23)26(33)27-14-20-11-21(15-27)13-22(12-20)16-27/h4-9,20-23H,2-3,10-17H2,1H3,(H,29,32). The Morgan fingerprint density at radius 1 is 1.03 bits per heavy atom. The maximum Gasteiger partial charge on any atom is 0.248 e. The molecule has 1 aromatic heterocycles. The number of aryl methyl sites for hydroxylation is 1. The fourth-order valence-electron chi connectivity index (χ4n) is 7.60. The molecule has 0 spiro atoms. The van der Waals surface area contributed by atoms with Crippen LogP contribution in [0, 0.1) is 30.1 Å². The van der Waals surface area contributed by atoms with Gasteiger partial charge in [0.1, 0.15) is 11.9 Å². The zero-order valence-corrected chi connectivity index (χ0v) is 19.5. The molecule has 1 N–H and O–H groups in total. The van der Waals surface area contributed by atoms with Crippen LogP contribution in [-0.2, 0) is 16.1 Å². The van der Waals surface area contributed by atoms with Crippen molar-refractivity contribution in [2.75, 3.05) is 11.9 Å². The Balaban J connectivity index is 1.16. The Morgan fingerprint density at radius 2 is 1.70 bits per heavy atom. The molecule has 33 heavy (non-hydrogen) atoms. The first kappa shape index (κ1) is 20.9. The van der Waals surface area contributed by atoms with Gasteiger partial charge in [-0.05, 0) is 81.6 Å². The van der Waals surface area contributed by atoms with Crippen LogP contribution in [0.15, 0.2) is 36.5 Å². The molecule has 6 nitrogen and oxygen atoms in total. The molecule has 7 rings (SSSR count). The third kappa shape index (κ3) is 3.77. The average Bonchev–Trinajstić information content (AvgIpc) is 3.44. The predicted molar refractivity (Wildman–Crippen MR) is 126 cm³/mol. The van der Waals surface area contributed by atoms with E-state index in [0.29, 0.717) is 18.9 Å². The zero-order chi connectivity index (χ0) is 22.6. The number of anilines is 1. The molecule has 2 aromatic rings. The lowest BCUT2D eigenvalue weighted by molar-refractivity contribution is -0.160. The molecule has 4 bridgehead atoms. The molecule has 174 valence electrons. The van der Waals surface area contributed by atoms with Gasteiger partial charge in [0, 0.05) is 12.6 Å². The number of hydrogen-bond acceptors (Lipinski definition) is 3. The van der Waals surface area contributed by atoms with Crippen LogP contribution in [0.4, 0.5) is 5.82 Å². The van der Waals surface area contributed by atoms with Gasteiger partial charge in [0.2, 0.25) is 11.8 Å². The van der Waals surface area contributed by atoms with Crippen LogP contribution in [0.2, 0.25) is 0 Å². The van der Waals surface area contributed by atoms with Gasteiger partial charge in [-0.15, -0.1) is 0 Å². The molecule has 1 unspecified atom stereocenters. The Kier molecular flexibility index (Phi) is 5.07. The summed E-state index contributed by atoms with van der Waals surface area (Å²) in [6, 6.07) is 9.82. The van der Waals surface area contributed by atoms with Crippen LogP contribution in [0.5, 0.6) is 0 Å². The van der Waals surface area contributed by atoms with Crippen molar-refractivity contribution in [3.05, 3.63) is 47.7 Å². The fraction of sp³-hybridized carbons (Fsp3) is 0.593. The molecule has 4 saturated carbocycles. The van der Waals surface area contributed by atoms with Gasteiger partial charge in [-0.3, -0.25) is 9.59 Å². The molecule has 2 amide bonds. The summed E-state index contributed by atoms with van der Waals surface area (Å²) >= 11 is 0. The van der Waals surface area contributed by atoms with E-state index in [1.165, 1.54) is 24.8 Å². The van der Waals surface area contributed by atoms with Gasteiger partial charge in [-0.1, -0.05) is 29.8 Å². The molecule has 1 saturated heterocycles. The molecule has 4 aliphatic carbocycles. The van der Waals surface area contributed by atoms with E-state index in [9.17, 15) is 9.59 Å². The lowest BCUT2D eigenvalue weighted by Crippen LogP contribution is -2.56. The highest BCUT2D eigenvalue weighted by Gasteiger charge is 2.56. The van der Waals surface area contributed by atoms with E-state index in [2.05, 4.69) is 41.6 Å². The van der Waals surface area contributed by atoms with Crippen LogP contribution in [0.25, 0.3) is 0 Å². The van der Waals surface area contributed by atoms with E-state index < -0.39 is 0 Å². The van der Waals surface area contributed by atoms with Crippen LogP contribution in [0.1, 0.15) is 62.5 Å². The quantitative estimate of drug-likeness (QED) is 0.741. The number of rotatable bonds is 5. The molecular weight excluding hydrogens is 412 g/mol. The van der Waals surface area contributed by atoms with Gasteiger partial charge < -0.3 is 10.2 Å². The minimum atomic E-state index is -0.367. The number of likely N-dealkylation sites (tertiary alicyclic amines) is 1. The van der Waals surface area contributed by atoms with Crippen molar-refractivity contribution in [2.45, 2.75) is 70.9 Å². The summed E-state index contributed by atoms with van der Waals surface area (Å²) in [6.07, 6.45) is 10.5. The van der Waals surface area contributed by atoms with Crippen molar-refractivity contribution >= 4 is 17.6 Å². The monoisotopic (exact) mass is 446 g/mol. The summed E-state index contributed by atoms with van der Waals surface area (Å²) in [7, 11) is 0. The first-order valence-electron chi connectivity index (χ1n) is 12.7. The van der Waals surface area contributed by atoms with Crippen molar-refractivity contribution in [3.63, 3.8) is 0 Å². The molecule has 1 atom stereocenters. The summed E-state index contributed by atoms with van der Waals surface area (Å²) in [6.45, 7) is 3.38. The highest BCUT2D eigenvalue weighted by molar-refractivity contribution is 5.98. The van der Waals surface area contributed by atoms with E-state index in [-0.39, 0.29) is 23.3 Å². The highest BCUT2D eigenvalue weighted by Crippen LogP contribution is 2.60. The van der Waals surface area contributed by atoms with E-state index in [1.807, 2.05) is 15.6 Å². The topological polar surface area (TPSA) is 67.2 Å². The largest absolute Gasteiger partial charge is 0.330 e. The second-order valence-electron chi connectivity index (χ2n) is 11.2. The lowest BCUT2D eigenvalue weighted by atomic mass is 9.49. The van der Waals surface area contributed by atoms with Crippen molar-refractivity contribution in [3.8, 4) is 0 Å². The lowest BCUT2D eigenvalue weighted by Gasteiger charge is -2.56. The predicted octanol–water partition coefficient (Wildman–Crippen LogP) is 4.39. The van der Waals surface area contributed by atoms with Crippen LogP contribution in [-0.4, -0.2) is 39.1 Å². The number of benzene rings is 1. The molecule has 6 heteroatoms. The Labute approximate surface area is 195 Å². The van der Waals surface area contributed by atoms with Gasteiger partial charge >= 0.3 is 0 Å². The molecule has 2 heterocycles. The number of hydrogen-bond donors (Lipinski definition) is 1. The summed E-state index contributed by atoms with van der Waals surface area (Å²) in [4.78, 5) is 29.2. The molecular formula is C27H34N4O2. The summed E-state index contributed by atoms with van der Waals surface area (Å²) in [5.41, 5.74) is 2.17. The van der Waals surface area contributed by atoms with Gasteiger partial charge in [0.05, 0.1) is 18.2 Å². The number of amides is 2. The second kappa shape index (κ2) is 8.00. The van der Waals surface area contributed by atoms with Crippen molar-refractivity contribution in [2.24, 2.45) is 23.2 Å². The minimum absolute atomic E-state index is 0.0729. The third-order valence-electron chi connectivity index (χ3n) is 8.73. The van der Waals surface area contributed by atoms with E-state index >= 15 is 0 Å². The second-order valence-corrected chi connectivity index (χ2v) is 11.2. The van der Waals surface area contributed by atoms with Crippen LogP contribution >= 0.6 is 0 Å². The van der Waals surface area contributed by atoms with Crippen molar-refractivity contribution in [1.29, 1.82) is 0 Å². The zero-order valence-electron chi connectivity index (χ0n) is 19.5. The van der Waals surface area contributed by atoms with Crippen molar-refractivity contribution in [1.82, 2.24) is 14.7 Å². The number of aromatic nitrogens is 2. The smallest absolute Gasteiger partial charge is 0.248 e. The molecule has 5 aliphatic rings. The maximum absolute atomic E-state index is 13.9. The first-order chi connectivity index (χ1) is 16.0. The van der Waals surface area contributed by atoms with Crippen LogP contribution < -0.4 is 5.32 Å². The Morgan fingerprint density at radius 3 is 2.36 bits per heavy atom. The average molecular weight is 447 g/mol. The Hall–Kier alpha value is -2.63. The van der Waals surface area contributed by atoms with E-state index in [0.717, 1.165) is 55.4 Å². The number of nitrogens with zero attached hydrogens (tertiary/aromatic N) is 3.